The lowest BCUT2D eigenvalue weighted by molar-refractivity contribution is -0.136. The monoisotopic (exact) mass is 388 g/mol. The first-order valence-electron chi connectivity index (χ1n) is 6.10. The Hall–Kier alpha value is -1.51. The molecule has 0 aliphatic carbocycles. The van der Waals surface area contributed by atoms with Gasteiger partial charge in [0.15, 0.2) is 0 Å². The number of rotatable bonds is 1. The second-order valence-electron chi connectivity index (χ2n) is 4.79. The molecule has 104 valence electrons. The van der Waals surface area contributed by atoms with Crippen LogP contribution in [-0.4, -0.2) is 28.7 Å². The van der Waals surface area contributed by atoms with Crippen LogP contribution in [0.4, 0.5) is 4.39 Å². The molecule has 20 heavy (non-hydrogen) atoms. The summed E-state index contributed by atoms with van der Waals surface area (Å²) >= 11 is 1.86. The highest BCUT2D eigenvalue weighted by Gasteiger charge is 2.40. The molecule has 2 aliphatic rings. The number of carbonyl (C=O) groups is 3. The van der Waals surface area contributed by atoms with Gasteiger partial charge in [-0.15, -0.1) is 0 Å². The van der Waals surface area contributed by atoms with Crippen LogP contribution in [0, 0.1) is 9.39 Å². The molecule has 0 saturated carbocycles. The molecule has 1 aromatic carbocycles. The van der Waals surface area contributed by atoms with Crippen molar-refractivity contribution >= 4 is 40.3 Å². The predicted octanol–water partition coefficient (Wildman–Crippen LogP) is 1.19. The predicted molar refractivity (Wildman–Crippen MR) is 75.2 cm³/mol. The number of piperidine rings is 1. The van der Waals surface area contributed by atoms with E-state index in [2.05, 4.69) is 5.32 Å². The van der Waals surface area contributed by atoms with E-state index in [1.54, 1.807) is 0 Å². The molecule has 0 spiro atoms. The van der Waals surface area contributed by atoms with E-state index in [-0.39, 0.29) is 30.6 Å². The zero-order valence-corrected chi connectivity index (χ0v) is 12.4. The minimum absolute atomic E-state index is 0.205. The summed E-state index contributed by atoms with van der Waals surface area (Å²) in [6.07, 6.45) is 0.519. The van der Waals surface area contributed by atoms with Crippen LogP contribution in [0.2, 0.25) is 0 Å². The minimum Gasteiger partial charge on any atom is -0.322 e. The van der Waals surface area contributed by atoms with E-state index < -0.39 is 11.9 Å². The van der Waals surface area contributed by atoms with E-state index in [9.17, 15) is 18.8 Å². The molecule has 2 aliphatic heterocycles. The van der Waals surface area contributed by atoms with Crippen molar-refractivity contribution in [3.8, 4) is 0 Å². The highest BCUT2D eigenvalue weighted by Crippen LogP contribution is 2.31. The van der Waals surface area contributed by atoms with Gasteiger partial charge in [-0.25, -0.2) is 4.39 Å². The Morgan fingerprint density at radius 3 is 2.75 bits per heavy atom. The largest absolute Gasteiger partial charge is 0.322 e. The third-order valence-electron chi connectivity index (χ3n) is 3.60. The Morgan fingerprint density at radius 1 is 1.30 bits per heavy atom. The van der Waals surface area contributed by atoms with Gasteiger partial charge in [-0.1, -0.05) is 0 Å². The van der Waals surface area contributed by atoms with Crippen molar-refractivity contribution < 1.29 is 18.8 Å². The maximum absolute atomic E-state index is 13.5. The number of imide groups is 1. The van der Waals surface area contributed by atoms with Crippen molar-refractivity contribution in [1.82, 2.24) is 10.2 Å². The molecule has 1 N–H and O–H groups in total. The molecule has 1 atom stereocenters. The van der Waals surface area contributed by atoms with Gasteiger partial charge in [0, 0.05) is 24.1 Å². The molecular weight excluding hydrogens is 378 g/mol. The summed E-state index contributed by atoms with van der Waals surface area (Å²) in [6, 6.07) is 2.04. The fourth-order valence-corrected chi connectivity index (χ4v) is 3.22. The van der Waals surface area contributed by atoms with Crippen molar-refractivity contribution in [2.45, 2.75) is 25.4 Å². The van der Waals surface area contributed by atoms with Gasteiger partial charge in [0.2, 0.25) is 11.8 Å². The second kappa shape index (κ2) is 4.80. The van der Waals surface area contributed by atoms with Gasteiger partial charge < -0.3 is 4.90 Å². The SMILES string of the molecule is O=C1CC[C@H](N2Cc3c(ccc(F)c3I)C2=O)C(=O)N1. The van der Waals surface area contributed by atoms with E-state index in [0.29, 0.717) is 21.1 Å². The molecule has 3 rings (SSSR count). The van der Waals surface area contributed by atoms with Crippen LogP contribution in [0.3, 0.4) is 0 Å². The zero-order valence-electron chi connectivity index (χ0n) is 10.3. The zero-order chi connectivity index (χ0) is 14.4. The number of fused-ring (bicyclic) bond motifs is 1. The van der Waals surface area contributed by atoms with E-state index in [4.69, 9.17) is 0 Å². The molecule has 1 fully saturated rings. The molecule has 0 aromatic heterocycles. The number of benzene rings is 1. The highest BCUT2D eigenvalue weighted by atomic mass is 127. The third kappa shape index (κ3) is 2.00. The molecule has 5 nitrogen and oxygen atoms in total. The maximum Gasteiger partial charge on any atom is 0.255 e. The molecule has 2 heterocycles. The van der Waals surface area contributed by atoms with Crippen LogP contribution < -0.4 is 5.32 Å². The molecule has 0 unspecified atom stereocenters. The fourth-order valence-electron chi connectivity index (χ4n) is 2.58. The number of nitrogens with zero attached hydrogens (tertiary/aromatic N) is 1. The van der Waals surface area contributed by atoms with Gasteiger partial charge in [-0.2, -0.15) is 0 Å². The maximum atomic E-state index is 13.5. The first-order valence-corrected chi connectivity index (χ1v) is 7.18. The number of amides is 3. The molecule has 0 radical (unpaired) electrons. The average Bonchev–Trinajstić information content (AvgIpc) is 2.72. The molecular formula is C13H10FIN2O3. The smallest absolute Gasteiger partial charge is 0.255 e. The van der Waals surface area contributed by atoms with Crippen LogP contribution in [0.15, 0.2) is 12.1 Å². The Labute approximate surface area is 127 Å². The lowest BCUT2D eigenvalue weighted by Gasteiger charge is -2.29. The van der Waals surface area contributed by atoms with E-state index in [1.807, 2.05) is 22.6 Å². The van der Waals surface area contributed by atoms with Crippen molar-refractivity contribution in [2.24, 2.45) is 0 Å². The van der Waals surface area contributed by atoms with Crippen molar-refractivity contribution in [3.63, 3.8) is 0 Å². The van der Waals surface area contributed by atoms with Crippen molar-refractivity contribution in [1.29, 1.82) is 0 Å². The lowest BCUT2D eigenvalue weighted by atomic mass is 10.0. The third-order valence-corrected chi connectivity index (χ3v) is 4.77. The fraction of sp³-hybridized carbons (Fsp3) is 0.308. The lowest BCUT2D eigenvalue weighted by Crippen LogP contribution is -2.52. The van der Waals surface area contributed by atoms with Gasteiger partial charge in [0.05, 0.1) is 3.57 Å². The Balaban J connectivity index is 1.92. The van der Waals surface area contributed by atoms with Crippen molar-refractivity contribution in [2.75, 3.05) is 0 Å². The minimum atomic E-state index is -0.661. The molecule has 3 amide bonds. The van der Waals surface area contributed by atoms with Gasteiger partial charge in [0.1, 0.15) is 11.9 Å². The van der Waals surface area contributed by atoms with Gasteiger partial charge in [-0.05, 0) is 41.1 Å². The van der Waals surface area contributed by atoms with Gasteiger partial charge >= 0.3 is 0 Å². The Morgan fingerprint density at radius 2 is 2.05 bits per heavy atom. The number of nitrogens with one attached hydrogen (secondary N) is 1. The van der Waals surface area contributed by atoms with Crippen LogP contribution in [-0.2, 0) is 16.1 Å². The molecule has 7 heteroatoms. The van der Waals surface area contributed by atoms with E-state index >= 15 is 0 Å². The van der Waals surface area contributed by atoms with Gasteiger partial charge in [0.25, 0.3) is 5.91 Å². The standard InChI is InChI=1S/C13H10FIN2O3/c14-8-2-1-6-7(11(8)15)5-17(13(6)20)9-3-4-10(18)16-12(9)19/h1-2,9H,3-5H2,(H,16,18,19)/t9-/m0/s1. The molecule has 0 bridgehead atoms. The number of hydrogen-bond acceptors (Lipinski definition) is 3. The average molecular weight is 388 g/mol. The summed E-state index contributed by atoms with van der Waals surface area (Å²) in [6.45, 7) is 0.205. The van der Waals surface area contributed by atoms with E-state index in [0.717, 1.165) is 0 Å². The van der Waals surface area contributed by atoms with E-state index in [1.165, 1.54) is 17.0 Å². The van der Waals surface area contributed by atoms with Crippen LogP contribution in [0.5, 0.6) is 0 Å². The Kier molecular flexibility index (Phi) is 3.23. The van der Waals surface area contributed by atoms with Crippen LogP contribution in [0.25, 0.3) is 0 Å². The number of hydrogen-bond donors (Lipinski definition) is 1. The summed E-state index contributed by atoms with van der Waals surface area (Å²) < 4.78 is 13.9. The summed E-state index contributed by atoms with van der Waals surface area (Å²) in [5, 5.41) is 2.23. The number of carbonyl (C=O) groups excluding carboxylic acids is 3. The number of halogens is 2. The normalized spacial score (nSPS) is 22.0. The van der Waals surface area contributed by atoms with Crippen molar-refractivity contribution in [3.05, 3.63) is 32.6 Å². The first kappa shape index (κ1) is 13.5. The Bertz CT molecular complexity index is 647. The molecule has 1 saturated heterocycles. The first-order chi connectivity index (χ1) is 9.49. The summed E-state index contributed by atoms with van der Waals surface area (Å²) in [5.74, 6) is -1.44. The van der Waals surface area contributed by atoms with Crippen LogP contribution >= 0.6 is 22.6 Å². The topological polar surface area (TPSA) is 66.5 Å². The summed E-state index contributed by atoms with van der Waals surface area (Å²) in [4.78, 5) is 36.7. The summed E-state index contributed by atoms with van der Waals surface area (Å²) in [7, 11) is 0. The highest BCUT2D eigenvalue weighted by molar-refractivity contribution is 14.1. The summed E-state index contributed by atoms with van der Waals surface area (Å²) in [5.41, 5.74) is 1.04. The second-order valence-corrected chi connectivity index (χ2v) is 5.87. The quantitative estimate of drug-likeness (QED) is 0.581. The van der Waals surface area contributed by atoms with Crippen LogP contribution in [0.1, 0.15) is 28.8 Å². The molecule has 1 aromatic rings. The van der Waals surface area contributed by atoms with Gasteiger partial charge in [-0.3, -0.25) is 19.7 Å².